The van der Waals surface area contributed by atoms with Crippen LogP contribution in [-0.2, 0) is 11.3 Å². The number of imidazole rings is 1. The fraction of sp³-hybridized carbons (Fsp3) is 0.429. The summed E-state index contributed by atoms with van der Waals surface area (Å²) in [5.74, 6) is 0.462. The van der Waals surface area contributed by atoms with Gasteiger partial charge >= 0.3 is 5.69 Å². The molecule has 7 heteroatoms. The number of hydrogen-bond acceptors (Lipinski definition) is 5. The van der Waals surface area contributed by atoms with Gasteiger partial charge in [-0.3, -0.25) is 4.57 Å². The summed E-state index contributed by atoms with van der Waals surface area (Å²) < 4.78 is 7.24. The second kappa shape index (κ2) is 6.94. The Balaban J connectivity index is 1.95. The first-order valence-corrected chi connectivity index (χ1v) is 6.93. The number of hydrazone groups is 1. The first-order valence-electron chi connectivity index (χ1n) is 6.93. The zero-order valence-electron chi connectivity index (χ0n) is 12.3. The minimum Gasteiger partial charge on any atom is -0.479 e. The Labute approximate surface area is 122 Å². The van der Waals surface area contributed by atoms with E-state index in [0.29, 0.717) is 25.5 Å². The first-order chi connectivity index (χ1) is 10.1. The molecule has 2 aromatic rings. The van der Waals surface area contributed by atoms with E-state index >= 15 is 0 Å². The summed E-state index contributed by atoms with van der Waals surface area (Å²) in [5.41, 5.74) is 10.0. The quantitative estimate of drug-likeness (QED) is 0.314. The SMILES string of the molecule is CN/N=C(\OCCCn1c(=O)[nH]c2ccccc21)C(C)N. The summed E-state index contributed by atoms with van der Waals surface area (Å²) in [6.45, 7) is 2.84. The number of aryl methyl sites for hydroxylation is 1. The van der Waals surface area contributed by atoms with E-state index in [0.717, 1.165) is 11.0 Å². The van der Waals surface area contributed by atoms with E-state index in [4.69, 9.17) is 10.5 Å². The molecular weight excluding hydrogens is 270 g/mol. The van der Waals surface area contributed by atoms with Gasteiger partial charge in [0.25, 0.3) is 0 Å². The second-order valence-electron chi connectivity index (χ2n) is 4.76. The molecule has 114 valence electrons. The summed E-state index contributed by atoms with van der Waals surface area (Å²) >= 11 is 0. The van der Waals surface area contributed by atoms with E-state index in [1.165, 1.54) is 0 Å². The van der Waals surface area contributed by atoms with Crippen LogP contribution in [0, 0.1) is 0 Å². The molecule has 1 atom stereocenters. The van der Waals surface area contributed by atoms with Crippen LogP contribution in [0.4, 0.5) is 0 Å². The number of para-hydroxylation sites is 2. The molecule has 0 amide bonds. The number of aromatic nitrogens is 2. The van der Waals surface area contributed by atoms with Crippen LogP contribution in [0.25, 0.3) is 11.0 Å². The molecule has 7 nitrogen and oxygen atoms in total. The molecule has 0 fully saturated rings. The van der Waals surface area contributed by atoms with Gasteiger partial charge in [0, 0.05) is 13.6 Å². The fourth-order valence-electron chi connectivity index (χ4n) is 2.10. The van der Waals surface area contributed by atoms with Crippen molar-refractivity contribution in [3.8, 4) is 0 Å². The van der Waals surface area contributed by atoms with Gasteiger partial charge in [0.1, 0.15) is 0 Å². The maximum absolute atomic E-state index is 11.9. The standard InChI is InChI=1S/C14H21N5O2/c1-10(15)13(18-16-2)21-9-5-8-19-12-7-4-3-6-11(12)17-14(19)20/h3-4,6-7,10,16H,5,8-9,15H2,1-2H3,(H,17,20)/b18-13-. The number of nitrogens with one attached hydrogen (secondary N) is 2. The summed E-state index contributed by atoms with van der Waals surface area (Å²) in [6, 6.07) is 7.35. The van der Waals surface area contributed by atoms with Crippen LogP contribution < -0.4 is 16.8 Å². The van der Waals surface area contributed by atoms with Gasteiger partial charge in [0.05, 0.1) is 23.7 Å². The summed E-state index contributed by atoms with van der Waals surface area (Å²) in [7, 11) is 1.69. The van der Waals surface area contributed by atoms with Gasteiger partial charge in [-0.05, 0) is 25.5 Å². The Bertz CT molecular complexity index is 671. The van der Waals surface area contributed by atoms with Crippen LogP contribution in [-0.4, -0.2) is 35.1 Å². The lowest BCUT2D eigenvalue weighted by molar-refractivity contribution is 0.275. The third-order valence-corrected chi connectivity index (χ3v) is 3.07. The van der Waals surface area contributed by atoms with Crippen LogP contribution in [0.2, 0.25) is 0 Å². The van der Waals surface area contributed by atoms with Gasteiger partial charge < -0.3 is 20.9 Å². The van der Waals surface area contributed by atoms with Crippen molar-refractivity contribution < 1.29 is 4.74 Å². The van der Waals surface area contributed by atoms with Crippen molar-refractivity contribution in [2.24, 2.45) is 10.8 Å². The van der Waals surface area contributed by atoms with Crippen molar-refractivity contribution in [2.45, 2.75) is 25.9 Å². The molecule has 21 heavy (non-hydrogen) atoms. The summed E-state index contributed by atoms with van der Waals surface area (Å²) in [5, 5.41) is 3.97. The minimum absolute atomic E-state index is 0.104. The van der Waals surface area contributed by atoms with Crippen molar-refractivity contribution in [3.05, 3.63) is 34.7 Å². The molecule has 0 aliphatic rings. The van der Waals surface area contributed by atoms with Crippen molar-refractivity contribution in [3.63, 3.8) is 0 Å². The van der Waals surface area contributed by atoms with Gasteiger partial charge in [-0.1, -0.05) is 12.1 Å². The molecule has 0 spiro atoms. The number of ether oxygens (including phenoxy) is 1. The highest BCUT2D eigenvalue weighted by Gasteiger charge is 2.08. The number of fused-ring (bicyclic) bond motifs is 1. The maximum atomic E-state index is 11.9. The van der Waals surface area contributed by atoms with Crippen molar-refractivity contribution >= 4 is 16.9 Å². The first kappa shape index (κ1) is 15.1. The second-order valence-corrected chi connectivity index (χ2v) is 4.76. The zero-order chi connectivity index (χ0) is 15.2. The molecule has 2 rings (SSSR count). The zero-order valence-corrected chi connectivity index (χ0v) is 12.3. The number of hydrogen-bond donors (Lipinski definition) is 3. The molecule has 4 N–H and O–H groups in total. The minimum atomic E-state index is -0.270. The number of benzene rings is 1. The highest BCUT2D eigenvalue weighted by atomic mass is 16.5. The molecule has 1 aromatic carbocycles. The monoisotopic (exact) mass is 291 g/mol. The number of nitrogens with two attached hydrogens (primary N) is 1. The topological polar surface area (TPSA) is 97.4 Å². The molecular formula is C14H21N5O2. The predicted octanol–water partition coefficient (Wildman–Crippen LogP) is 0.616. The van der Waals surface area contributed by atoms with Crippen LogP contribution in [0.5, 0.6) is 0 Å². The molecule has 0 saturated heterocycles. The fourth-order valence-corrected chi connectivity index (χ4v) is 2.10. The third-order valence-electron chi connectivity index (χ3n) is 3.07. The van der Waals surface area contributed by atoms with Crippen molar-refractivity contribution in [2.75, 3.05) is 13.7 Å². The van der Waals surface area contributed by atoms with E-state index in [1.54, 1.807) is 18.5 Å². The van der Waals surface area contributed by atoms with E-state index < -0.39 is 0 Å². The van der Waals surface area contributed by atoms with Gasteiger partial charge in [0.15, 0.2) is 0 Å². The Hall–Kier alpha value is -2.28. The van der Waals surface area contributed by atoms with Crippen molar-refractivity contribution in [1.82, 2.24) is 15.0 Å². The Kier molecular flexibility index (Phi) is 4.99. The molecule has 0 aliphatic heterocycles. The van der Waals surface area contributed by atoms with Crippen molar-refractivity contribution in [1.29, 1.82) is 0 Å². The van der Waals surface area contributed by atoms with Gasteiger partial charge in [0.2, 0.25) is 5.90 Å². The molecule has 1 heterocycles. The maximum Gasteiger partial charge on any atom is 0.326 e. The third kappa shape index (κ3) is 3.63. The highest BCUT2D eigenvalue weighted by molar-refractivity contribution is 5.80. The molecule has 0 radical (unpaired) electrons. The van der Waals surface area contributed by atoms with Crippen LogP contribution >= 0.6 is 0 Å². The number of nitrogens with zero attached hydrogens (tertiary/aromatic N) is 2. The predicted molar refractivity (Wildman–Crippen MR) is 83.3 cm³/mol. The Morgan fingerprint density at radius 3 is 3.00 bits per heavy atom. The number of rotatable bonds is 6. The number of H-pyrrole nitrogens is 1. The lowest BCUT2D eigenvalue weighted by Crippen LogP contribution is -2.31. The van der Waals surface area contributed by atoms with Crippen LogP contribution in [0.15, 0.2) is 34.2 Å². The average Bonchev–Trinajstić information content (AvgIpc) is 2.78. The lowest BCUT2D eigenvalue weighted by atomic mass is 10.3. The molecule has 0 bridgehead atoms. The normalized spacial score (nSPS) is 13.4. The molecule has 0 aliphatic carbocycles. The van der Waals surface area contributed by atoms with Crippen LogP contribution in [0.3, 0.4) is 0 Å². The van der Waals surface area contributed by atoms with Crippen LogP contribution in [0.1, 0.15) is 13.3 Å². The molecule has 0 saturated carbocycles. The summed E-state index contributed by atoms with van der Waals surface area (Å²) in [4.78, 5) is 14.7. The molecule has 1 aromatic heterocycles. The van der Waals surface area contributed by atoms with Gasteiger partial charge in [-0.15, -0.1) is 5.10 Å². The number of aromatic amines is 1. The summed E-state index contributed by atoms with van der Waals surface area (Å²) in [6.07, 6.45) is 0.692. The Morgan fingerprint density at radius 1 is 1.52 bits per heavy atom. The highest BCUT2D eigenvalue weighted by Crippen LogP contribution is 2.09. The Morgan fingerprint density at radius 2 is 2.29 bits per heavy atom. The molecule has 1 unspecified atom stereocenters. The van der Waals surface area contributed by atoms with Gasteiger partial charge in [-0.2, -0.15) is 0 Å². The smallest absolute Gasteiger partial charge is 0.326 e. The van der Waals surface area contributed by atoms with E-state index in [2.05, 4.69) is 15.5 Å². The van der Waals surface area contributed by atoms with Gasteiger partial charge in [-0.25, -0.2) is 4.79 Å². The van der Waals surface area contributed by atoms with E-state index in [-0.39, 0.29) is 11.7 Å². The largest absolute Gasteiger partial charge is 0.479 e. The average molecular weight is 291 g/mol. The van der Waals surface area contributed by atoms with E-state index in [1.807, 2.05) is 24.3 Å². The lowest BCUT2D eigenvalue weighted by Gasteiger charge is -2.12. The van der Waals surface area contributed by atoms with E-state index in [9.17, 15) is 4.79 Å².